The van der Waals surface area contributed by atoms with Crippen molar-refractivity contribution in [2.24, 2.45) is 0 Å². The van der Waals surface area contributed by atoms with Gasteiger partial charge < -0.3 is 5.32 Å². The minimum absolute atomic E-state index is 0.0486. The summed E-state index contributed by atoms with van der Waals surface area (Å²) in [6.07, 6.45) is 1.20. The number of urea groups is 1. The summed E-state index contributed by atoms with van der Waals surface area (Å²) in [7, 11) is -4.54. The smallest absolute Gasteiger partial charge is 0.307 e. The Morgan fingerprint density at radius 3 is 2.37 bits per heavy atom. The summed E-state index contributed by atoms with van der Waals surface area (Å²) < 4.78 is 31.7. The van der Waals surface area contributed by atoms with Crippen molar-refractivity contribution in [2.75, 3.05) is 11.9 Å². The summed E-state index contributed by atoms with van der Waals surface area (Å²) in [5.41, 5.74) is 1.50. The molecule has 0 aliphatic heterocycles. The van der Waals surface area contributed by atoms with E-state index in [4.69, 9.17) is 4.55 Å². The highest BCUT2D eigenvalue weighted by atomic mass is 32.2. The lowest BCUT2D eigenvalue weighted by atomic mass is 10.2. The van der Waals surface area contributed by atoms with Crippen LogP contribution in [0.4, 0.5) is 10.5 Å². The van der Waals surface area contributed by atoms with Crippen LogP contribution in [0.5, 0.6) is 0 Å². The molecule has 1 rings (SSSR count). The average molecular weight is 286 g/mol. The maximum absolute atomic E-state index is 11.8. The third kappa shape index (κ3) is 4.88. The fourth-order valence-corrected chi connectivity index (χ4v) is 2.06. The molecule has 1 aromatic carbocycles. The van der Waals surface area contributed by atoms with Crippen molar-refractivity contribution in [3.05, 3.63) is 29.8 Å². The predicted octanol–water partition coefficient (Wildman–Crippen LogP) is 2.43. The van der Waals surface area contributed by atoms with E-state index >= 15 is 0 Å². The van der Waals surface area contributed by atoms with Gasteiger partial charge in [0.2, 0.25) is 0 Å². The summed E-state index contributed by atoms with van der Waals surface area (Å²) in [5.74, 6) is 0. The van der Waals surface area contributed by atoms with Crippen molar-refractivity contribution in [3.8, 4) is 0 Å². The van der Waals surface area contributed by atoms with Gasteiger partial charge in [0.15, 0.2) is 0 Å². The number of carbonyl (C=O) groups is 1. The lowest BCUT2D eigenvalue weighted by molar-refractivity contribution is 0.231. The topological polar surface area (TPSA) is 86.7 Å². The standard InChI is InChI=1S/C12H18N2O4S/c1-3-4-9-14(19(16,17)18)12(15)13-11-7-5-10(2)6-8-11/h5-8H,3-4,9H2,1-2H3,(H,13,15)(H,16,17,18). The quantitative estimate of drug-likeness (QED) is 0.814. The maximum atomic E-state index is 11.8. The number of nitrogens with zero attached hydrogens (tertiary/aromatic N) is 1. The van der Waals surface area contributed by atoms with Gasteiger partial charge in [-0.25, -0.2) is 4.79 Å². The Labute approximate surface area is 113 Å². The van der Waals surface area contributed by atoms with Gasteiger partial charge >= 0.3 is 16.3 Å². The highest BCUT2D eigenvalue weighted by Crippen LogP contribution is 2.11. The number of carbonyl (C=O) groups excluding carboxylic acids is 1. The lowest BCUT2D eigenvalue weighted by Crippen LogP contribution is -2.40. The molecule has 0 atom stereocenters. The molecule has 2 amide bonds. The Morgan fingerprint density at radius 1 is 1.32 bits per heavy atom. The summed E-state index contributed by atoms with van der Waals surface area (Å²) in [6.45, 7) is 3.71. The van der Waals surface area contributed by atoms with E-state index in [2.05, 4.69) is 5.32 Å². The molecule has 0 aliphatic carbocycles. The number of anilines is 1. The molecule has 0 spiro atoms. The first-order valence-electron chi connectivity index (χ1n) is 5.97. The molecule has 6 nitrogen and oxygen atoms in total. The molecule has 2 N–H and O–H groups in total. The minimum Gasteiger partial charge on any atom is -0.307 e. The normalized spacial score (nSPS) is 11.1. The molecule has 7 heteroatoms. The Hall–Kier alpha value is -1.60. The van der Waals surface area contributed by atoms with E-state index in [0.717, 1.165) is 5.56 Å². The second-order valence-electron chi connectivity index (χ2n) is 4.20. The molecular formula is C12H18N2O4S. The molecule has 0 heterocycles. The Bertz CT molecular complexity index is 525. The summed E-state index contributed by atoms with van der Waals surface area (Å²) in [6, 6.07) is 6.04. The average Bonchev–Trinajstić information content (AvgIpc) is 2.31. The number of nitrogens with one attached hydrogen (secondary N) is 1. The van der Waals surface area contributed by atoms with Crippen molar-refractivity contribution in [1.29, 1.82) is 0 Å². The van der Waals surface area contributed by atoms with Crippen molar-refractivity contribution in [1.82, 2.24) is 4.31 Å². The minimum atomic E-state index is -4.54. The summed E-state index contributed by atoms with van der Waals surface area (Å²) in [4.78, 5) is 11.8. The van der Waals surface area contributed by atoms with E-state index in [1.165, 1.54) is 0 Å². The van der Waals surface area contributed by atoms with Gasteiger partial charge in [-0.05, 0) is 25.5 Å². The summed E-state index contributed by atoms with van der Waals surface area (Å²) in [5, 5.41) is 2.43. The fourth-order valence-electron chi connectivity index (χ4n) is 1.45. The van der Waals surface area contributed by atoms with Gasteiger partial charge in [-0.1, -0.05) is 31.0 Å². The van der Waals surface area contributed by atoms with E-state index in [-0.39, 0.29) is 6.54 Å². The number of rotatable bonds is 5. The SMILES string of the molecule is CCCCN(C(=O)Nc1ccc(C)cc1)S(=O)(=O)O. The van der Waals surface area contributed by atoms with Crippen LogP contribution in [0.2, 0.25) is 0 Å². The van der Waals surface area contributed by atoms with Gasteiger partial charge in [0.05, 0.1) is 0 Å². The predicted molar refractivity (Wildman–Crippen MR) is 73.4 cm³/mol. The fraction of sp³-hybridized carbons (Fsp3) is 0.417. The second kappa shape index (κ2) is 6.53. The number of hydrogen-bond acceptors (Lipinski definition) is 3. The monoisotopic (exact) mass is 286 g/mol. The van der Waals surface area contributed by atoms with E-state index in [0.29, 0.717) is 22.8 Å². The molecule has 0 saturated carbocycles. The van der Waals surface area contributed by atoms with E-state index < -0.39 is 16.3 Å². The van der Waals surface area contributed by atoms with Crippen LogP contribution in [0, 0.1) is 6.92 Å². The van der Waals surface area contributed by atoms with Gasteiger partial charge in [0.1, 0.15) is 0 Å². The molecule has 1 aromatic rings. The zero-order valence-electron chi connectivity index (χ0n) is 11.0. The third-order valence-corrected chi connectivity index (χ3v) is 3.43. The van der Waals surface area contributed by atoms with Crippen molar-refractivity contribution in [2.45, 2.75) is 26.7 Å². The number of benzene rings is 1. The van der Waals surface area contributed by atoms with Gasteiger partial charge in [0, 0.05) is 12.2 Å². The maximum Gasteiger partial charge on any atom is 0.363 e. The van der Waals surface area contributed by atoms with Crippen LogP contribution in [0.25, 0.3) is 0 Å². The Balaban J connectivity index is 2.80. The van der Waals surface area contributed by atoms with Crippen molar-refractivity contribution >= 4 is 22.0 Å². The van der Waals surface area contributed by atoms with Gasteiger partial charge in [-0.15, -0.1) is 0 Å². The van der Waals surface area contributed by atoms with Crippen LogP contribution in [-0.4, -0.2) is 29.9 Å². The third-order valence-electron chi connectivity index (χ3n) is 2.52. The number of unbranched alkanes of at least 4 members (excludes halogenated alkanes) is 1. The largest absolute Gasteiger partial charge is 0.363 e. The highest BCUT2D eigenvalue weighted by molar-refractivity contribution is 7.84. The van der Waals surface area contributed by atoms with Crippen molar-refractivity contribution in [3.63, 3.8) is 0 Å². The molecule has 0 aliphatic rings. The molecule has 0 radical (unpaired) electrons. The first-order chi connectivity index (χ1) is 8.84. The molecule has 19 heavy (non-hydrogen) atoms. The van der Waals surface area contributed by atoms with Crippen LogP contribution in [0.1, 0.15) is 25.3 Å². The van der Waals surface area contributed by atoms with Crippen LogP contribution in [-0.2, 0) is 10.3 Å². The Morgan fingerprint density at radius 2 is 1.89 bits per heavy atom. The zero-order valence-corrected chi connectivity index (χ0v) is 11.8. The molecule has 106 valence electrons. The molecule has 0 bridgehead atoms. The van der Waals surface area contributed by atoms with E-state index in [1.807, 2.05) is 13.8 Å². The zero-order chi connectivity index (χ0) is 14.5. The van der Waals surface area contributed by atoms with Gasteiger partial charge in [-0.2, -0.15) is 12.7 Å². The van der Waals surface area contributed by atoms with E-state index in [1.54, 1.807) is 24.3 Å². The first kappa shape index (κ1) is 15.5. The molecule has 0 saturated heterocycles. The molecular weight excluding hydrogens is 268 g/mol. The van der Waals surface area contributed by atoms with Crippen LogP contribution in [0.15, 0.2) is 24.3 Å². The molecule has 0 aromatic heterocycles. The second-order valence-corrected chi connectivity index (χ2v) is 5.54. The first-order valence-corrected chi connectivity index (χ1v) is 7.37. The number of aryl methyl sites for hydroxylation is 1. The van der Waals surface area contributed by atoms with Crippen molar-refractivity contribution < 1.29 is 17.8 Å². The molecule has 0 unspecified atom stereocenters. The number of hydrogen-bond donors (Lipinski definition) is 2. The lowest BCUT2D eigenvalue weighted by Gasteiger charge is -2.19. The van der Waals surface area contributed by atoms with Gasteiger partial charge in [0.25, 0.3) is 0 Å². The van der Waals surface area contributed by atoms with E-state index in [9.17, 15) is 13.2 Å². The van der Waals surface area contributed by atoms with Gasteiger partial charge in [-0.3, -0.25) is 4.55 Å². The van der Waals surface area contributed by atoms with Crippen LogP contribution >= 0.6 is 0 Å². The van der Waals surface area contributed by atoms with Crippen LogP contribution in [0.3, 0.4) is 0 Å². The highest BCUT2D eigenvalue weighted by Gasteiger charge is 2.24. The summed E-state index contributed by atoms with van der Waals surface area (Å²) >= 11 is 0. The molecule has 0 fully saturated rings. The Kier molecular flexibility index (Phi) is 5.31. The van der Waals surface area contributed by atoms with Crippen LogP contribution < -0.4 is 5.32 Å². The number of amides is 2.